The summed E-state index contributed by atoms with van der Waals surface area (Å²) in [5.74, 6) is 0.455. The highest BCUT2D eigenvalue weighted by molar-refractivity contribution is 7.98. The molecule has 0 aliphatic carbocycles. The monoisotopic (exact) mass is 428 g/mol. The topological polar surface area (TPSA) is 88.9 Å². The van der Waals surface area contributed by atoms with Crippen molar-refractivity contribution in [3.63, 3.8) is 0 Å². The van der Waals surface area contributed by atoms with Crippen molar-refractivity contribution in [3.8, 4) is 0 Å². The molecular weight excluding hydrogens is 404 g/mol. The molecule has 8 heteroatoms. The van der Waals surface area contributed by atoms with E-state index in [2.05, 4.69) is 5.32 Å². The molecule has 3 heterocycles. The maximum Gasteiger partial charge on any atom is 0.255 e. The first-order chi connectivity index (χ1) is 14.6. The number of furan rings is 1. The molecule has 2 aliphatic heterocycles. The van der Waals surface area contributed by atoms with Gasteiger partial charge in [-0.1, -0.05) is 30.3 Å². The fraction of sp³-hybridized carbons (Fsp3) is 0.409. The Balaban J connectivity index is 1.47. The average molecular weight is 429 g/mol. The van der Waals surface area contributed by atoms with Crippen molar-refractivity contribution in [3.05, 3.63) is 60.1 Å². The molecule has 2 aliphatic rings. The number of benzene rings is 1. The third-order valence-corrected chi connectivity index (χ3v) is 6.52. The summed E-state index contributed by atoms with van der Waals surface area (Å²) in [7, 11) is 0. The van der Waals surface area contributed by atoms with E-state index in [4.69, 9.17) is 9.15 Å². The highest BCUT2D eigenvalue weighted by Crippen LogP contribution is 2.27. The van der Waals surface area contributed by atoms with Gasteiger partial charge < -0.3 is 19.4 Å². The Kier molecular flexibility index (Phi) is 6.54. The van der Waals surface area contributed by atoms with Gasteiger partial charge in [0.25, 0.3) is 5.91 Å². The lowest BCUT2D eigenvalue weighted by Gasteiger charge is -2.37. The SMILES string of the molecule is O=C(N[C@@H](CSCc1ccccc1)C(=O)N1CCCC2OCC(=O)C21)c1ccoc1. The molecule has 2 saturated heterocycles. The Morgan fingerprint density at radius 2 is 2.07 bits per heavy atom. The number of amides is 2. The van der Waals surface area contributed by atoms with Gasteiger partial charge >= 0.3 is 0 Å². The molecule has 0 radical (unpaired) electrons. The van der Waals surface area contributed by atoms with Crippen LogP contribution in [-0.4, -0.2) is 59.6 Å². The maximum atomic E-state index is 13.4. The second-order valence-electron chi connectivity index (χ2n) is 7.47. The highest BCUT2D eigenvalue weighted by Gasteiger charge is 2.45. The third kappa shape index (κ3) is 4.60. The number of piperidine rings is 1. The summed E-state index contributed by atoms with van der Waals surface area (Å²) in [6.45, 7) is 0.546. The molecular formula is C22H24N2O5S. The van der Waals surface area contributed by atoms with Crippen LogP contribution in [0.2, 0.25) is 0 Å². The molecule has 1 aromatic carbocycles. The predicted molar refractivity (Wildman–Crippen MR) is 112 cm³/mol. The minimum absolute atomic E-state index is 0.0495. The zero-order valence-corrected chi connectivity index (χ0v) is 17.3. The van der Waals surface area contributed by atoms with E-state index in [1.165, 1.54) is 12.5 Å². The van der Waals surface area contributed by atoms with Gasteiger partial charge in [-0.15, -0.1) is 0 Å². The van der Waals surface area contributed by atoms with Crippen LogP contribution in [0.4, 0.5) is 0 Å². The van der Waals surface area contributed by atoms with Gasteiger partial charge in [-0.05, 0) is 24.5 Å². The molecule has 30 heavy (non-hydrogen) atoms. The number of hydrogen-bond acceptors (Lipinski definition) is 6. The van der Waals surface area contributed by atoms with Crippen molar-refractivity contribution >= 4 is 29.4 Å². The largest absolute Gasteiger partial charge is 0.472 e. The molecule has 2 fully saturated rings. The quantitative estimate of drug-likeness (QED) is 0.728. The number of carbonyl (C=O) groups excluding carboxylic acids is 3. The summed E-state index contributed by atoms with van der Waals surface area (Å²) in [6, 6.07) is 10.2. The molecule has 158 valence electrons. The number of ketones is 1. The molecule has 0 bridgehead atoms. The zero-order chi connectivity index (χ0) is 20.9. The lowest BCUT2D eigenvalue weighted by molar-refractivity contribution is -0.141. The van der Waals surface area contributed by atoms with Gasteiger partial charge in [-0.3, -0.25) is 14.4 Å². The van der Waals surface area contributed by atoms with Gasteiger partial charge in [0.1, 0.15) is 25.0 Å². The van der Waals surface area contributed by atoms with E-state index >= 15 is 0 Å². The van der Waals surface area contributed by atoms with Gasteiger partial charge in [0.15, 0.2) is 5.78 Å². The van der Waals surface area contributed by atoms with E-state index in [1.54, 1.807) is 22.7 Å². The number of nitrogens with zero attached hydrogens (tertiary/aromatic N) is 1. The van der Waals surface area contributed by atoms with E-state index in [0.29, 0.717) is 17.9 Å². The Hall–Kier alpha value is -2.58. The number of likely N-dealkylation sites (tertiary alicyclic amines) is 1. The number of fused-ring (bicyclic) bond motifs is 1. The second-order valence-corrected chi connectivity index (χ2v) is 8.50. The molecule has 3 atom stereocenters. The molecule has 2 unspecified atom stereocenters. The van der Waals surface area contributed by atoms with Gasteiger partial charge in [0.2, 0.25) is 5.91 Å². The molecule has 4 rings (SSSR count). The third-order valence-electron chi connectivity index (χ3n) is 5.41. The number of hydrogen-bond donors (Lipinski definition) is 1. The van der Waals surface area contributed by atoms with Crippen LogP contribution < -0.4 is 5.32 Å². The second kappa shape index (κ2) is 9.49. The van der Waals surface area contributed by atoms with Crippen LogP contribution in [-0.2, 0) is 20.1 Å². The van der Waals surface area contributed by atoms with E-state index < -0.39 is 12.1 Å². The standard InChI is InChI=1S/C22H24N2O5S/c25-18-12-29-19-7-4-9-24(20(18)19)22(27)17(23-21(26)16-8-10-28-11-16)14-30-13-15-5-2-1-3-6-15/h1-3,5-6,8,10-11,17,19-20H,4,7,9,12-14H2,(H,23,26)/t17-,19?,20?/m0/s1. The Labute approximate surface area is 179 Å². The number of rotatable bonds is 7. The maximum absolute atomic E-state index is 13.4. The first-order valence-electron chi connectivity index (χ1n) is 10.0. The van der Waals surface area contributed by atoms with Crippen molar-refractivity contribution < 1.29 is 23.5 Å². The fourth-order valence-corrected chi connectivity index (χ4v) is 4.92. The molecule has 0 saturated carbocycles. The molecule has 1 aromatic heterocycles. The van der Waals surface area contributed by atoms with Crippen LogP contribution in [0.5, 0.6) is 0 Å². The normalized spacial score (nSPS) is 21.9. The van der Waals surface area contributed by atoms with Crippen molar-refractivity contribution in [2.24, 2.45) is 0 Å². The first kappa shape index (κ1) is 20.7. The van der Waals surface area contributed by atoms with Crippen LogP contribution in [0.15, 0.2) is 53.3 Å². The van der Waals surface area contributed by atoms with Crippen LogP contribution in [0, 0.1) is 0 Å². The molecule has 2 aromatic rings. The summed E-state index contributed by atoms with van der Waals surface area (Å²) in [4.78, 5) is 39.9. The summed E-state index contributed by atoms with van der Waals surface area (Å²) in [6.07, 6.45) is 4.07. The number of ether oxygens (including phenoxy) is 1. The van der Waals surface area contributed by atoms with E-state index in [9.17, 15) is 14.4 Å². The fourth-order valence-electron chi connectivity index (χ4n) is 3.92. The predicted octanol–water partition coefficient (Wildman–Crippen LogP) is 2.27. The van der Waals surface area contributed by atoms with Crippen LogP contribution in [0.3, 0.4) is 0 Å². The summed E-state index contributed by atoms with van der Waals surface area (Å²) in [5, 5.41) is 2.83. The Morgan fingerprint density at radius 3 is 2.83 bits per heavy atom. The number of thioether (sulfide) groups is 1. The number of nitrogens with one attached hydrogen (secondary N) is 1. The van der Waals surface area contributed by atoms with Crippen molar-refractivity contribution in [2.75, 3.05) is 18.9 Å². The van der Waals surface area contributed by atoms with Crippen LogP contribution in [0.1, 0.15) is 28.8 Å². The van der Waals surface area contributed by atoms with E-state index in [1.807, 2.05) is 30.3 Å². The van der Waals surface area contributed by atoms with Gasteiger partial charge in [-0.2, -0.15) is 11.8 Å². The molecule has 7 nitrogen and oxygen atoms in total. The number of Topliss-reactive ketones (excluding diaryl/α,β-unsaturated/α-hetero) is 1. The van der Waals surface area contributed by atoms with E-state index in [-0.39, 0.29) is 30.3 Å². The minimum atomic E-state index is -0.742. The smallest absolute Gasteiger partial charge is 0.255 e. The highest BCUT2D eigenvalue weighted by atomic mass is 32.2. The van der Waals surface area contributed by atoms with Gasteiger partial charge in [0.05, 0.1) is 17.9 Å². The summed E-state index contributed by atoms with van der Waals surface area (Å²) in [5.41, 5.74) is 1.50. The van der Waals surface area contributed by atoms with Gasteiger partial charge in [0, 0.05) is 18.1 Å². The lowest BCUT2D eigenvalue weighted by atomic mass is 9.97. The van der Waals surface area contributed by atoms with Crippen molar-refractivity contribution in [1.82, 2.24) is 10.2 Å². The molecule has 2 amide bonds. The van der Waals surface area contributed by atoms with Crippen LogP contribution in [0.25, 0.3) is 0 Å². The van der Waals surface area contributed by atoms with Gasteiger partial charge in [-0.25, -0.2) is 0 Å². The molecule has 1 N–H and O–H groups in total. The van der Waals surface area contributed by atoms with Crippen molar-refractivity contribution in [2.45, 2.75) is 36.8 Å². The lowest BCUT2D eigenvalue weighted by Crippen LogP contribution is -2.58. The molecule has 0 spiro atoms. The Morgan fingerprint density at radius 1 is 1.23 bits per heavy atom. The number of carbonyl (C=O) groups is 3. The summed E-state index contributed by atoms with van der Waals surface area (Å²) < 4.78 is 10.5. The van der Waals surface area contributed by atoms with Crippen LogP contribution >= 0.6 is 11.8 Å². The van der Waals surface area contributed by atoms with E-state index in [0.717, 1.165) is 24.2 Å². The average Bonchev–Trinajstić information content (AvgIpc) is 3.44. The first-order valence-corrected chi connectivity index (χ1v) is 11.2. The zero-order valence-electron chi connectivity index (χ0n) is 16.5. The van der Waals surface area contributed by atoms with Crippen molar-refractivity contribution in [1.29, 1.82) is 0 Å². The summed E-state index contributed by atoms with van der Waals surface area (Å²) >= 11 is 1.57. The Bertz CT molecular complexity index is 886. The minimum Gasteiger partial charge on any atom is -0.472 e.